The normalized spacial score (nSPS) is 22.6. The van der Waals surface area contributed by atoms with Crippen molar-refractivity contribution in [2.45, 2.75) is 59.3 Å². The summed E-state index contributed by atoms with van der Waals surface area (Å²) in [5, 5.41) is 0. The van der Waals surface area contributed by atoms with Crippen molar-refractivity contribution in [2.75, 3.05) is 18.0 Å². The van der Waals surface area contributed by atoms with E-state index in [1.54, 1.807) is 11.1 Å². The molecule has 5 heteroatoms. The minimum absolute atomic E-state index is 0.0172. The number of pyridine rings is 1. The minimum atomic E-state index is -1.44. The van der Waals surface area contributed by atoms with Crippen molar-refractivity contribution >= 4 is 11.7 Å². The zero-order chi connectivity index (χ0) is 16.7. The van der Waals surface area contributed by atoms with E-state index in [4.69, 9.17) is 0 Å². The molecule has 2 heterocycles. The van der Waals surface area contributed by atoms with Crippen LogP contribution in [0, 0.1) is 0 Å². The Labute approximate surface area is 133 Å². The molecule has 0 bridgehead atoms. The van der Waals surface area contributed by atoms with E-state index in [2.05, 4.69) is 23.7 Å². The molecule has 0 N–H and O–H groups in total. The Morgan fingerprint density at radius 2 is 1.86 bits per heavy atom. The van der Waals surface area contributed by atoms with Crippen molar-refractivity contribution in [1.29, 1.82) is 0 Å². The molecule has 0 aliphatic carbocycles. The summed E-state index contributed by atoms with van der Waals surface area (Å²) >= 11 is 0. The third-order valence-corrected chi connectivity index (χ3v) is 3.49. The van der Waals surface area contributed by atoms with Crippen LogP contribution in [0.4, 0.5) is 10.2 Å². The quantitative estimate of drug-likeness (QED) is 0.841. The number of hydrogen-bond acceptors (Lipinski definition) is 3. The van der Waals surface area contributed by atoms with Gasteiger partial charge in [-0.2, -0.15) is 0 Å². The number of alkyl halides is 1. The first kappa shape index (κ1) is 18.4. The molecule has 0 saturated carbocycles. The topological polar surface area (TPSA) is 36.4 Å². The van der Waals surface area contributed by atoms with E-state index in [1.807, 2.05) is 32.0 Å². The standard InChI is InChI=1S/C14H20FN3O.C3H8/c1-10-8-17(13-6-4-5-7-16-13)9-11(2)18(10)14(19)12(3)15;1-3-2/h4-7,10-12H,8-9H2,1-3H3;3H2,1-2H3. The van der Waals surface area contributed by atoms with Gasteiger partial charge in [-0.1, -0.05) is 26.3 Å². The summed E-state index contributed by atoms with van der Waals surface area (Å²) < 4.78 is 13.2. The minimum Gasteiger partial charge on any atom is -0.353 e. The van der Waals surface area contributed by atoms with Gasteiger partial charge in [-0.3, -0.25) is 4.79 Å². The summed E-state index contributed by atoms with van der Waals surface area (Å²) in [6.07, 6.45) is 1.57. The summed E-state index contributed by atoms with van der Waals surface area (Å²) in [4.78, 5) is 20.0. The van der Waals surface area contributed by atoms with Crippen molar-refractivity contribution < 1.29 is 9.18 Å². The molecule has 1 saturated heterocycles. The summed E-state index contributed by atoms with van der Waals surface area (Å²) in [5.74, 6) is 0.488. The molecule has 1 aliphatic rings. The number of halogens is 1. The van der Waals surface area contributed by atoms with Crippen molar-refractivity contribution in [3.63, 3.8) is 0 Å². The van der Waals surface area contributed by atoms with Crippen LogP contribution in [0.5, 0.6) is 0 Å². The largest absolute Gasteiger partial charge is 0.353 e. The van der Waals surface area contributed by atoms with Crippen LogP contribution in [0.3, 0.4) is 0 Å². The first-order chi connectivity index (χ1) is 10.4. The summed E-state index contributed by atoms with van der Waals surface area (Å²) in [5.41, 5.74) is 0. The van der Waals surface area contributed by atoms with Crippen LogP contribution in [0.1, 0.15) is 41.0 Å². The fourth-order valence-corrected chi connectivity index (χ4v) is 2.69. The number of rotatable bonds is 2. The number of nitrogens with zero attached hydrogens (tertiary/aromatic N) is 3. The predicted molar refractivity (Wildman–Crippen MR) is 88.8 cm³/mol. The molecular formula is C17H28FN3O. The molecule has 2 rings (SSSR count). The smallest absolute Gasteiger partial charge is 0.257 e. The van der Waals surface area contributed by atoms with Gasteiger partial charge in [0.2, 0.25) is 0 Å². The molecule has 1 aromatic heterocycles. The van der Waals surface area contributed by atoms with E-state index in [0.717, 1.165) is 5.82 Å². The fourth-order valence-electron chi connectivity index (χ4n) is 2.69. The maximum atomic E-state index is 13.2. The van der Waals surface area contributed by atoms with Gasteiger partial charge in [0.05, 0.1) is 0 Å². The highest BCUT2D eigenvalue weighted by Gasteiger charge is 2.35. The Hall–Kier alpha value is -1.65. The van der Waals surface area contributed by atoms with Crippen molar-refractivity contribution in [3.05, 3.63) is 24.4 Å². The molecule has 0 aromatic carbocycles. The number of anilines is 1. The molecule has 1 fully saturated rings. The van der Waals surface area contributed by atoms with Crippen molar-refractivity contribution in [3.8, 4) is 0 Å². The summed E-state index contributed by atoms with van der Waals surface area (Å²) in [6.45, 7) is 10.8. The second-order valence-corrected chi connectivity index (χ2v) is 5.86. The van der Waals surface area contributed by atoms with Crippen LogP contribution in [-0.4, -0.2) is 47.1 Å². The Morgan fingerprint density at radius 1 is 1.32 bits per heavy atom. The highest BCUT2D eigenvalue weighted by atomic mass is 19.1. The molecule has 1 aromatic rings. The Balaban J connectivity index is 0.000000745. The summed E-state index contributed by atoms with van der Waals surface area (Å²) in [6, 6.07) is 5.74. The van der Waals surface area contributed by atoms with Gasteiger partial charge in [0, 0.05) is 31.4 Å². The lowest BCUT2D eigenvalue weighted by Gasteiger charge is -2.45. The SMILES string of the molecule is CC(F)C(=O)N1C(C)CN(c2ccccn2)CC1C.CCC. The van der Waals surface area contributed by atoms with Gasteiger partial charge >= 0.3 is 0 Å². The number of aromatic nitrogens is 1. The third kappa shape index (κ3) is 4.68. The number of carbonyl (C=O) groups is 1. The second kappa shape index (κ2) is 8.71. The molecule has 0 spiro atoms. The van der Waals surface area contributed by atoms with E-state index in [-0.39, 0.29) is 12.1 Å². The highest BCUT2D eigenvalue weighted by molar-refractivity contribution is 5.81. The number of piperazine rings is 1. The van der Waals surface area contributed by atoms with Crippen molar-refractivity contribution in [2.24, 2.45) is 0 Å². The zero-order valence-electron chi connectivity index (χ0n) is 14.3. The molecular weight excluding hydrogens is 281 g/mol. The molecule has 0 radical (unpaired) electrons. The lowest BCUT2D eigenvalue weighted by molar-refractivity contribution is -0.140. The van der Waals surface area contributed by atoms with Gasteiger partial charge in [0.25, 0.3) is 5.91 Å². The average Bonchev–Trinajstić information content (AvgIpc) is 2.48. The second-order valence-electron chi connectivity index (χ2n) is 5.86. The summed E-state index contributed by atoms with van der Waals surface area (Å²) in [7, 11) is 0. The van der Waals surface area contributed by atoms with Crippen LogP contribution < -0.4 is 4.90 Å². The molecule has 3 unspecified atom stereocenters. The lowest BCUT2D eigenvalue weighted by atomic mass is 10.1. The molecule has 1 aliphatic heterocycles. The Bertz CT molecular complexity index is 440. The molecule has 3 atom stereocenters. The molecule has 124 valence electrons. The van der Waals surface area contributed by atoms with Crippen molar-refractivity contribution in [1.82, 2.24) is 9.88 Å². The van der Waals surface area contributed by atoms with Crippen LogP contribution >= 0.6 is 0 Å². The fraction of sp³-hybridized carbons (Fsp3) is 0.647. The van der Waals surface area contributed by atoms with E-state index in [9.17, 15) is 9.18 Å². The number of carbonyl (C=O) groups excluding carboxylic acids is 1. The first-order valence-electron chi connectivity index (χ1n) is 8.04. The Morgan fingerprint density at radius 3 is 2.27 bits per heavy atom. The van der Waals surface area contributed by atoms with E-state index in [0.29, 0.717) is 13.1 Å². The van der Waals surface area contributed by atoms with Crippen LogP contribution in [-0.2, 0) is 4.79 Å². The zero-order valence-corrected chi connectivity index (χ0v) is 14.3. The maximum absolute atomic E-state index is 13.2. The highest BCUT2D eigenvalue weighted by Crippen LogP contribution is 2.21. The molecule has 4 nitrogen and oxygen atoms in total. The maximum Gasteiger partial charge on any atom is 0.257 e. The van der Waals surface area contributed by atoms with E-state index >= 15 is 0 Å². The number of amides is 1. The van der Waals surface area contributed by atoms with Gasteiger partial charge in [0.1, 0.15) is 5.82 Å². The van der Waals surface area contributed by atoms with Gasteiger partial charge in [-0.15, -0.1) is 0 Å². The monoisotopic (exact) mass is 309 g/mol. The van der Waals surface area contributed by atoms with Gasteiger partial charge in [-0.05, 0) is 32.9 Å². The predicted octanol–water partition coefficient (Wildman–Crippen LogP) is 3.28. The third-order valence-electron chi connectivity index (χ3n) is 3.49. The lowest BCUT2D eigenvalue weighted by Crippen LogP contribution is -2.60. The first-order valence-corrected chi connectivity index (χ1v) is 8.04. The average molecular weight is 309 g/mol. The van der Waals surface area contributed by atoms with Crippen LogP contribution in [0.15, 0.2) is 24.4 Å². The molecule has 1 amide bonds. The number of hydrogen-bond donors (Lipinski definition) is 0. The van der Waals surface area contributed by atoms with Gasteiger partial charge in [0.15, 0.2) is 6.17 Å². The van der Waals surface area contributed by atoms with Crippen LogP contribution in [0.25, 0.3) is 0 Å². The van der Waals surface area contributed by atoms with Gasteiger partial charge in [-0.25, -0.2) is 9.37 Å². The Kier molecular flexibility index (Phi) is 7.28. The van der Waals surface area contributed by atoms with Crippen LogP contribution in [0.2, 0.25) is 0 Å². The van der Waals surface area contributed by atoms with E-state index in [1.165, 1.54) is 13.3 Å². The molecule has 22 heavy (non-hydrogen) atoms. The van der Waals surface area contributed by atoms with E-state index < -0.39 is 12.1 Å². The van der Waals surface area contributed by atoms with Gasteiger partial charge < -0.3 is 9.80 Å².